The van der Waals surface area contributed by atoms with Crippen LogP contribution in [0.5, 0.6) is 0 Å². The number of rotatable bonds is 2. The smallest absolute Gasteiger partial charge is 0.372 e. The molecule has 2 aliphatic heterocycles. The van der Waals surface area contributed by atoms with Crippen LogP contribution in [0.15, 0.2) is 23.3 Å². The van der Waals surface area contributed by atoms with E-state index in [-0.39, 0.29) is 35.7 Å². The van der Waals surface area contributed by atoms with Gasteiger partial charge in [0.1, 0.15) is 6.61 Å². The van der Waals surface area contributed by atoms with E-state index in [2.05, 4.69) is 10.2 Å². The van der Waals surface area contributed by atoms with Gasteiger partial charge in [-0.1, -0.05) is 12.2 Å². The number of carbonyl (C=O) groups is 1. The zero-order valence-corrected chi connectivity index (χ0v) is 16.0. The molecule has 1 amide bonds. The number of hydrogen-bond donors (Lipinski definition) is 0. The highest BCUT2D eigenvalue weighted by atomic mass is 19.4. The van der Waals surface area contributed by atoms with E-state index in [1.54, 1.807) is 11.0 Å². The zero-order chi connectivity index (χ0) is 20.2. The molecule has 3 heterocycles. The second-order valence-corrected chi connectivity index (χ2v) is 8.42. The largest absolute Gasteiger partial charge is 0.412 e. The van der Waals surface area contributed by atoms with Crippen LogP contribution in [0.2, 0.25) is 0 Å². The van der Waals surface area contributed by atoms with Crippen LogP contribution in [-0.2, 0) is 17.9 Å². The lowest BCUT2D eigenvalue weighted by molar-refractivity contribution is -0.0952. The molecule has 1 saturated heterocycles. The van der Waals surface area contributed by atoms with Crippen molar-refractivity contribution in [2.45, 2.75) is 45.0 Å². The van der Waals surface area contributed by atoms with Crippen molar-refractivity contribution >= 4 is 5.91 Å². The topological polar surface area (TPSA) is 60.3 Å². The number of hydrogen-bond acceptors (Lipinski definition) is 4. The lowest BCUT2D eigenvalue weighted by Gasteiger charge is -2.25. The van der Waals surface area contributed by atoms with Gasteiger partial charge in [-0.15, -0.1) is 10.2 Å². The highest BCUT2D eigenvalue weighted by Gasteiger charge is 2.46. The Morgan fingerprint density at radius 1 is 1.17 bits per heavy atom. The number of carbonyl (C=O) groups excluding carboxylic acids is 1. The predicted octanol–water partition coefficient (Wildman–Crippen LogP) is 3.12. The van der Waals surface area contributed by atoms with E-state index in [1.807, 2.05) is 10.6 Å². The Labute approximate surface area is 166 Å². The maximum absolute atomic E-state index is 13.4. The molecule has 2 fully saturated rings. The Kier molecular flexibility index (Phi) is 4.53. The van der Waals surface area contributed by atoms with Gasteiger partial charge in [-0.3, -0.25) is 4.79 Å². The Hall–Kier alpha value is -2.16. The molecule has 0 radical (unpaired) electrons. The Morgan fingerprint density at radius 2 is 1.93 bits per heavy atom. The van der Waals surface area contributed by atoms with E-state index in [4.69, 9.17) is 4.74 Å². The number of fused-ring (bicyclic) bond motifs is 2. The molecule has 1 aromatic rings. The summed E-state index contributed by atoms with van der Waals surface area (Å²) in [6.45, 7) is 2.61. The third kappa shape index (κ3) is 3.29. The van der Waals surface area contributed by atoms with Gasteiger partial charge < -0.3 is 14.2 Å². The molecule has 9 heteroatoms. The standard InChI is InChI=1S/C20H23F3N4O2/c21-20(22,23)16-4-2-1-3-15(16)12-7-13-9-26(10-14(13)8-12)19(28)18-25-24-17-11-29-6-5-27(17)18/h1,3,12-14H,2,4-11H2/t12-,13-,14+. The molecule has 0 unspecified atom stereocenters. The van der Waals surface area contributed by atoms with Crippen molar-refractivity contribution in [2.24, 2.45) is 17.8 Å². The molecule has 0 spiro atoms. The van der Waals surface area contributed by atoms with Crippen LogP contribution in [0.4, 0.5) is 13.2 Å². The Morgan fingerprint density at radius 3 is 2.66 bits per heavy atom. The van der Waals surface area contributed by atoms with Crippen molar-refractivity contribution in [1.82, 2.24) is 19.7 Å². The molecule has 1 aromatic heterocycles. The average Bonchev–Trinajstić information content (AvgIpc) is 3.39. The third-order valence-corrected chi connectivity index (χ3v) is 6.74. The van der Waals surface area contributed by atoms with Gasteiger partial charge in [0.05, 0.1) is 6.61 Å². The lowest BCUT2D eigenvalue weighted by Crippen LogP contribution is -2.33. The molecular formula is C20H23F3N4O2. The average molecular weight is 408 g/mol. The van der Waals surface area contributed by atoms with E-state index in [0.29, 0.717) is 69.3 Å². The first-order valence-corrected chi connectivity index (χ1v) is 10.2. The minimum Gasteiger partial charge on any atom is -0.372 e. The SMILES string of the molecule is O=C(c1nnc2n1CCOC2)N1C[C@H]2C[C@@H](C3=C(C(F)(F)F)CCC=C3)C[C@H]2C1. The first-order valence-electron chi connectivity index (χ1n) is 10.2. The number of alkyl halides is 3. The number of ether oxygens (including phenoxy) is 1. The lowest BCUT2D eigenvalue weighted by atomic mass is 9.86. The van der Waals surface area contributed by atoms with Crippen molar-refractivity contribution in [3.05, 3.63) is 34.9 Å². The van der Waals surface area contributed by atoms with Gasteiger partial charge in [-0.2, -0.15) is 13.2 Å². The highest BCUT2D eigenvalue weighted by molar-refractivity contribution is 5.91. The fourth-order valence-corrected chi connectivity index (χ4v) is 5.39. The molecule has 6 nitrogen and oxygen atoms in total. The number of aromatic nitrogens is 3. The molecule has 1 saturated carbocycles. The second kappa shape index (κ2) is 6.97. The minimum absolute atomic E-state index is 0.0616. The van der Waals surface area contributed by atoms with Crippen LogP contribution < -0.4 is 0 Å². The van der Waals surface area contributed by atoms with Crippen LogP contribution >= 0.6 is 0 Å². The maximum Gasteiger partial charge on any atom is 0.412 e. The summed E-state index contributed by atoms with van der Waals surface area (Å²) in [7, 11) is 0. The summed E-state index contributed by atoms with van der Waals surface area (Å²) in [5, 5.41) is 8.11. The van der Waals surface area contributed by atoms with Gasteiger partial charge in [0.2, 0.25) is 5.82 Å². The van der Waals surface area contributed by atoms with Crippen molar-refractivity contribution < 1.29 is 22.7 Å². The van der Waals surface area contributed by atoms with Gasteiger partial charge in [-0.05, 0) is 49.0 Å². The van der Waals surface area contributed by atoms with Crippen molar-refractivity contribution in [1.29, 1.82) is 0 Å². The van der Waals surface area contributed by atoms with E-state index in [1.165, 1.54) is 0 Å². The van der Waals surface area contributed by atoms with Crippen LogP contribution in [0.1, 0.15) is 42.1 Å². The zero-order valence-electron chi connectivity index (χ0n) is 16.0. The van der Waals surface area contributed by atoms with Gasteiger partial charge in [0.15, 0.2) is 5.82 Å². The summed E-state index contributed by atoms with van der Waals surface area (Å²) in [6.07, 6.45) is 1.23. The third-order valence-electron chi connectivity index (χ3n) is 6.74. The minimum atomic E-state index is -4.25. The molecule has 3 atom stereocenters. The van der Waals surface area contributed by atoms with Gasteiger partial charge in [0, 0.05) is 25.2 Å². The number of amides is 1. The quantitative estimate of drug-likeness (QED) is 0.755. The van der Waals surface area contributed by atoms with Crippen molar-refractivity contribution in [3.63, 3.8) is 0 Å². The molecular weight excluding hydrogens is 385 g/mol. The Bertz CT molecular complexity index is 875. The molecule has 29 heavy (non-hydrogen) atoms. The fraction of sp³-hybridized carbons (Fsp3) is 0.650. The Balaban J connectivity index is 1.29. The summed E-state index contributed by atoms with van der Waals surface area (Å²) in [4.78, 5) is 14.8. The highest BCUT2D eigenvalue weighted by Crippen LogP contribution is 2.48. The van der Waals surface area contributed by atoms with Gasteiger partial charge in [-0.25, -0.2) is 0 Å². The van der Waals surface area contributed by atoms with Crippen LogP contribution in [0, 0.1) is 17.8 Å². The van der Waals surface area contributed by atoms with E-state index in [0.717, 1.165) is 0 Å². The molecule has 2 aliphatic carbocycles. The summed E-state index contributed by atoms with van der Waals surface area (Å²) >= 11 is 0. The molecule has 0 N–H and O–H groups in total. The molecule has 0 aromatic carbocycles. The van der Waals surface area contributed by atoms with Gasteiger partial charge >= 0.3 is 6.18 Å². The predicted molar refractivity (Wildman–Crippen MR) is 96.7 cm³/mol. The molecule has 5 rings (SSSR count). The maximum atomic E-state index is 13.4. The summed E-state index contributed by atoms with van der Waals surface area (Å²) < 4.78 is 47.4. The fourth-order valence-electron chi connectivity index (χ4n) is 5.39. The van der Waals surface area contributed by atoms with Crippen LogP contribution in [0.25, 0.3) is 0 Å². The van der Waals surface area contributed by atoms with Gasteiger partial charge in [0.25, 0.3) is 5.91 Å². The summed E-state index contributed by atoms with van der Waals surface area (Å²) in [5.41, 5.74) is 0.123. The normalized spacial score (nSPS) is 29.3. The molecule has 4 aliphatic rings. The van der Waals surface area contributed by atoms with E-state index < -0.39 is 6.18 Å². The first kappa shape index (κ1) is 18.8. The summed E-state index contributed by atoms with van der Waals surface area (Å²) in [6, 6.07) is 0. The van der Waals surface area contributed by atoms with E-state index >= 15 is 0 Å². The first-order chi connectivity index (χ1) is 13.9. The molecule has 156 valence electrons. The number of nitrogens with zero attached hydrogens (tertiary/aromatic N) is 4. The van der Waals surface area contributed by atoms with E-state index in [9.17, 15) is 18.0 Å². The second-order valence-electron chi connectivity index (χ2n) is 8.42. The molecule has 0 bridgehead atoms. The monoisotopic (exact) mass is 408 g/mol. The van der Waals surface area contributed by atoms with Crippen LogP contribution in [-0.4, -0.2) is 51.4 Å². The number of halogens is 3. The number of likely N-dealkylation sites (tertiary alicyclic amines) is 1. The van der Waals surface area contributed by atoms with Crippen LogP contribution in [0.3, 0.4) is 0 Å². The summed E-state index contributed by atoms with van der Waals surface area (Å²) in [5.74, 6) is 1.30. The van der Waals surface area contributed by atoms with Crippen molar-refractivity contribution in [3.8, 4) is 0 Å². The van der Waals surface area contributed by atoms with Crippen molar-refractivity contribution in [2.75, 3.05) is 19.7 Å². The number of allylic oxidation sites excluding steroid dienone is 4.